The second-order valence-electron chi connectivity index (χ2n) is 7.49. The molecule has 3 rings (SSSR count). The smallest absolute Gasteiger partial charge is 0.344 e. The van der Waals surface area contributed by atoms with Crippen molar-refractivity contribution in [2.45, 2.75) is 63.5 Å². The molecule has 1 saturated heterocycles. The van der Waals surface area contributed by atoms with Gasteiger partial charge in [-0.1, -0.05) is 6.07 Å². The molecule has 1 aromatic rings. The molecule has 1 saturated carbocycles. The summed E-state index contributed by atoms with van der Waals surface area (Å²) in [5.41, 5.74) is -1.33. The zero-order valence-electron chi connectivity index (χ0n) is 17.7. The van der Waals surface area contributed by atoms with Crippen molar-refractivity contribution in [3.63, 3.8) is 0 Å². The number of ether oxygens (including phenoxy) is 4. The second kappa shape index (κ2) is 9.36. The average molecular weight is 419 g/mol. The van der Waals surface area contributed by atoms with Crippen LogP contribution in [0.15, 0.2) is 18.2 Å². The van der Waals surface area contributed by atoms with E-state index in [9.17, 15) is 14.4 Å². The lowest BCUT2D eigenvalue weighted by Gasteiger charge is -2.30. The van der Waals surface area contributed by atoms with Crippen LogP contribution in [0, 0.1) is 0 Å². The van der Waals surface area contributed by atoms with E-state index in [4.69, 9.17) is 18.9 Å². The van der Waals surface area contributed by atoms with Crippen molar-refractivity contribution in [3.8, 4) is 11.5 Å². The number of benzene rings is 1. The van der Waals surface area contributed by atoms with Crippen LogP contribution in [0.1, 0.15) is 57.4 Å². The predicted molar refractivity (Wildman–Crippen MR) is 107 cm³/mol. The third-order valence-electron chi connectivity index (χ3n) is 5.63. The van der Waals surface area contributed by atoms with Crippen LogP contribution in [-0.2, 0) is 23.9 Å². The molecule has 30 heavy (non-hydrogen) atoms. The first-order chi connectivity index (χ1) is 14.5. The lowest BCUT2D eigenvalue weighted by molar-refractivity contribution is -0.167. The fraction of sp³-hybridized carbons (Fsp3) is 0.591. The van der Waals surface area contributed by atoms with E-state index in [0.717, 1.165) is 25.7 Å². The average Bonchev–Trinajstić information content (AvgIpc) is 3.36. The fourth-order valence-electron chi connectivity index (χ4n) is 4.21. The van der Waals surface area contributed by atoms with Gasteiger partial charge in [-0.15, -0.1) is 0 Å². The molecule has 1 atom stereocenters. The minimum atomic E-state index is -1.93. The lowest BCUT2D eigenvalue weighted by atomic mass is 9.80. The maximum absolute atomic E-state index is 12.9. The highest BCUT2D eigenvalue weighted by molar-refractivity contribution is 6.11. The number of nitrogens with one attached hydrogen (secondary N) is 1. The third-order valence-corrected chi connectivity index (χ3v) is 5.63. The van der Waals surface area contributed by atoms with Gasteiger partial charge >= 0.3 is 11.9 Å². The number of esters is 2. The number of carbonyl (C=O) groups is 3. The van der Waals surface area contributed by atoms with Crippen LogP contribution in [-0.4, -0.2) is 49.8 Å². The van der Waals surface area contributed by atoms with Gasteiger partial charge in [-0.05, 0) is 57.2 Å². The first-order valence-electron chi connectivity index (χ1n) is 10.5. The second-order valence-corrected chi connectivity index (χ2v) is 7.49. The molecule has 2 fully saturated rings. The molecule has 8 heteroatoms. The van der Waals surface area contributed by atoms with E-state index < -0.39 is 29.3 Å². The van der Waals surface area contributed by atoms with Crippen LogP contribution >= 0.6 is 0 Å². The van der Waals surface area contributed by atoms with E-state index >= 15 is 0 Å². The van der Waals surface area contributed by atoms with E-state index in [2.05, 4.69) is 5.32 Å². The van der Waals surface area contributed by atoms with E-state index in [-0.39, 0.29) is 25.7 Å². The molecule has 1 N–H and O–H groups in total. The Morgan fingerprint density at radius 1 is 1.07 bits per heavy atom. The van der Waals surface area contributed by atoms with E-state index in [1.807, 2.05) is 0 Å². The summed E-state index contributed by atoms with van der Waals surface area (Å²) in [5.74, 6) is -1.78. The zero-order valence-corrected chi connectivity index (χ0v) is 17.7. The molecule has 1 unspecified atom stereocenters. The Labute approximate surface area is 176 Å². The maximum atomic E-state index is 12.9. The molecule has 1 aliphatic carbocycles. The molecule has 1 aromatic carbocycles. The third kappa shape index (κ3) is 4.08. The molecule has 1 aliphatic heterocycles. The van der Waals surface area contributed by atoms with Crippen molar-refractivity contribution in [2.24, 2.45) is 0 Å². The molecule has 0 bridgehead atoms. The van der Waals surface area contributed by atoms with E-state index in [0.29, 0.717) is 17.1 Å². The van der Waals surface area contributed by atoms with Crippen molar-refractivity contribution in [1.29, 1.82) is 0 Å². The van der Waals surface area contributed by atoms with Gasteiger partial charge < -0.3 is 24.3 Å². The Kier molecular flexibility index (Phi) is 6.84. The first-order valence-corrected chi connectivity index (χ1v) is 10.5. The molecule has 8 nitrogen and oxygen atoms in total. The molecule has 0 aromatic heterocycles. The van der Waals surface area contributed by atoms with Crippen molar-refractivity contribution >= 4 is 17.8 Å². The minimum absolute atomic E-state index is 0.0488. The Balaban J connectivity index is 2.02. The van der Waals surface area contributed by atoms with Gasteiger partial charge in [0.15, 0.2) is 11.5 Å². The summed E-state index contributed by atoms with van der Waals surface area (Å²) in [4.78, 5) is 38.2. The summed E-state index contributed by atoms with van der Waals surface area (Å²) < 4.78 is 21.9. The molecule has 1 amide bonds. The lowest BCUT2D eigenvalue weighted by Crippen LogP contribution is -2.59. The molecular formula is C22H29NO7. The fourth-order valence-corrected chi connectivity index (χ4v) is 4.21. The van der Waals surface area contributed by atoms with Gasteiger partial charge in [-0.2, -0.15) is 0 Å². The van der Waals surface area contributed by atoms with Gasteiger partial charge in [0.25, 0.3) is 0 Å². The standard InChI is InChI=1S/C22H29NO7/c1-4-28-20(25)22(21(26)29-5-2)16(13-19(24)23-22)14-10-11-17(27-3)18(12-14)30-15-8-6-7-9-15/h10-12,15-16H,4-9,13H2,1-3H3,(H,23,24). The summed E-state index contributed by atoms with van der Waals surface area (Å²) in [6, 6.07) is 5.21. The topological polar surface area (TPSA) is 100 Å². The van der Waals surface area contributed by atoms with Crippen LogP contribution < -0.4 is 14.8 Å². The molecular weight excluding hydrogens is 390 g/mol. The maximum Gasteiger partial charge on any atom is 0.344 e. The highest BCUT2D eigenvalue weighted by atomic mass is 16.6. The van der Waals surface area contributed by atoms with Crippen LogP contribution in [0.5, 0.6) is 11.5 Å². The quantitative estimate of drug-likeness (QED) is 0.510. The van der Waals surface area contributed by atoms with Crippen molar-refractivity contribution in [2.75, 3.05) is 20.3 Å². The number of rotatable bonds is 8. The van der Waals surface area contributed by atoms with Gasteiger partial charge in [0.2, 0.25) is 11.4 Å². The molecule has 0 spiro atoms. The monoisotopic (exact) mass is 419 g/mol. The molecule has 164 valence electrons. The summed E-state index contributed by atoms with van der Waals surface area (Å²) in [7, 11) is 1.55. The summed E-state index contributed by atoms with van der Waals surface area (Å²) >= 11 is 0. The zero-order chi connectivity index (χ0) is 21.7. The van der Waals surface area contributed by atoms with Crippen molar-refractivity contribution in [3.05, 3.63) is 23.8 Å². The van der Waals surface area contributed by atoms with Gasteiger partial charge in [-0.25, -0.2) is 9.59 Å². The van der Waals surface area contributed by atoms with E-state index in [1.165, 1.54) is 0 Å². The highest BCUT2D eigenvalue weighted by Gasteiger charge is 2.61. The van der Waals surface area contributed by atoms with Crippen LogP contribution in [0.3, 0.4) is 0 Å². The highest BCUT2D eigenvalue weighted by Crippen LogP contribution is 2.42. The minimum Gasteiger partial charge on any atom is -0.493 e. The van der Waals surface area contributed by atoms with Gasteiger partial charge in [0, 0.05) is 12.3 Å². The first kappa shape index (κ1) is 21.9. The molecule has 1 heterocycles. The number of methoxy groups -OCH3 is 1. The Bertz CT molecular complexity index is 783. The Morgan fingerprint density at radius 2 is 1.70 bits per heavy atom. The van der Waals surface area contributed by atoms with Gasteiger partial charge in [0.05, 0.1) is 26.4 Å². The molecule has 2 aliphatic rings. The van der Waals surface area contributed by atoms with Gasteiger partial charge in [-0.3, -0.25) is 4.79 Å². The normalized spacial score (nSPS) is 20.5. The summed E-state index contributed by atoms with van der Waals surface area (Å²) in [6.45, 7) is 3.43. The van der Waals surface area contributed by atoms with Crippen molar-refractivity contribution in [1.82, 2.24) is 5.32 Å². The van der Waals surface area contributed by atoms with Gasteiger partial charge in [0.1, 0.15) is 0 Å². The van der Waals surface area contributed by atoms with Crippen LogP contribution in [0.2, 0.25) is 0 Å². The molecule has 0 radical (unpaired) electrons. The Hall–Kier alpha value is -2.77. The SMILES string of the molecule is CCOC(=O)C1(C(=O)OCC)NC(=O)CC1c1ccc(OC)c(OC2CCCC2)c1. The summed E-state index contributed by atoms with van der Waals surface area (Å²) in [5, 5.41) is 2.55. The van der Waals surface area contributed by atoms with E-state index in [1.54, 1.807) is 39.2 Å². The predicted octanol–water partition coefficient (Wildman–Crippen LogP) is 2.49. The van der Waals surface area contributed by atoms with Crippen molar-refractivity contribution < 1.29 is 33.3 Å². The summed E-state index contributed by atoms with van der Waals surface area (Å²) in [6.07, 6.45) is 4.20. The number of hydrogen-bond acceptors (Lipinski definition) is 7. The Morgan fingerprint density at radius 3 is 2.27 bits per heavy atom. The number of hydrogen-bond donors (Lipinski definition) is 1. The largest absolute Gasteiger partial charge is 0.493 e. The van der Waals surface area contributed by atoms with Crippen LogP contribution in [0.4, 0.5) is 0 Å². The number of amides is 1. The van der Waals surface area contributed by atoms with Crippen LogP contribution in [0.25, 0.3) is 0 Å². The number of carbonyl (C=O) groups excluding carboxylic acids is 3.